The molecular weight excluding hydrogens is 296 g/mol. The van der Waals surface area contributed by atoms with Gasteiger partial charge >= 0.3 is 0 Å². The predicted molar refractivity (Wildman–Crippen MR) is 90.2 cm³/mol. The van der Waals surface area contributed by atoms with Crippen LogP contribution in [0, 0.1) is 0 Å². The molecule has 0 saturated heterocycles. The second-order valence-corrected chi connectivity index (χ2v) is 7.80. The molecule has 2 aromatic heterocycles. The van der Waals surface area contributed by atoms with Crippen LogP contribution < -0.4 is 0 Å². The molecule has 106 valence electrons. The zero-order valence-electron chi connectivity index (χ0n) is 11.9. The number of aromatic nitrogens is 2. The second kappa shape index (κ2) is 5.43. The van der Waals surface area contributed by atoms with E-state index in [9.17, 15) is 0 Å². The molecule has 0 bridgehead atoms. The second-order valence-electron chi connectivity index (χ2n) is 5.39. The third kappa shape index (κ3) is 2.36. The van der Waals surface area contributed by atoms with Gasteiger partial charge < -0.3 is 0 Å². The number of nitrogens with zero attached hydrogens (tertiary/aromatic N) is 2. The zero-order chi connectivity index (χ0) is 14.2. The molecule has 21 heavy (non-hydrogen) atoms. The third-order valence-electron chi connectivity index (χ3n) is 4.02. The van der Waals surface area contributed by atoms with Gasteiger partial charge in [0.2, 0.25) is 0 Å². The van der Waals surface area contributed by atoms with Crippen LogP contribution in [0.3, 0.4) is 0 Å². The van der Waals surface area contributed by atoms with Crippen LogP contribution in [-0.2, 0) is 12.8 Å². The fourth-order valence-corrected chi connectivity index (χ4v) is 5.32. The van der Waals surface area contributed by atoms with E-state index in [2.05, 4.69) is 47.2 Å². The highest BCUT2D eigenvalue weighted by atomic mass is 32.2. The molecule has 0 radical (unpaired) electrons. The van der Waals surface area contributed by atoms with E-state index in [0.717, 1.165) is 9.86 Å². The highest BCUT2D eigenvalue weighted by molar-refractivity contribution is 7.99. The van der Waals surface area contributed by atoms with Crippen molar-refractivity contribution in [2.75, 3.05) is 0 Å². The van der Waals surface area contributed by atoms with Gasteiger partial charge in [0.1, 0.15) is 16.2 Å². The van der Waals surface area contributed by atoms with Crippen LogP contribution in [-0.4, -0.2) is 9.97 Å². The van der Waals surface area contributed by atoms with Gasteiger partial charge in [-0.25, -0.2) is 9.97 Å². The molecule has 3 aromatic rings. The SMILES string of the molecule is C[C@H](Sc1ncnc2sc3c(c12)CCC3)c1ccccc1. The molecular formula is C17H16N2S2. The largest absolute Gasteiger partial charge is 0.229 e. The van der Waals surface area contributed by atoms with Crippen LogP contribution in [0.5, 0.6) is 0 Å². The van der Waals surface area contributed by atoms with E-state index in [1.165, 1.54) is 40.7 Å². The van der Waals surface area contributed by atoms with Gasteiger partial charge in [-0.05, 0) is 37.3 Å². The Bertz CT molecular complexity index is 780. The van der Waals surface area contributed by atoms with Gasteiger partial charge in [0.15, 0.2) is 0 Å². The summed E-state index contributed by atoms with van der Waals surface area (Å²) in [7, 11) is 0. The molecule has 4 rings (SSSR count). The van der Waals surface area contributed by atoms with Crippen molar-refractivity contribution in [1.29, 1.82) is 0 Å². The molecule has 1 aromatic carbocycles. The van der Waals surface area contributed by atoms with Gasteiger partial charge in [-0.2, -0.15) is 0 Å². The minimum Gasteiger partial charge on any atom is -0.229 e. The van der Waals surface area contributed by atoms with Gasteiger partial charge in [-0.15, -0.1) is 11.3 Å². The van der Waals surface area contributed by atoms with Crippen LogP contribution in [0.2, 0.25) is 0 Å². The first-order valence-electron chi connectivity index (χ1n) is 7.30. The number of rotatable bonds is 3. The average Bonchev–Trinajstić information content (AvgIpc) is 3.09. The minimum atomic E-state index is 0.404. The number of hydrogen-bond acceptors (Lipinski definition) is 4. The Kier molecular flexibility index (Phi) is 3.43. The van der Waals surface area contributed by atoms with E-state index in [1.807, 2.05) is 23.1 Å². The molecule has 2 heterocycles. The van der Waals surface area contributed by atoms with Crippen LogP contribution in [0.25, 0.3) is 10.2 Å². The number of thiophene rings is 1. The van der Waals surface area contributed by atoms with Crippen LogP contribution >= 0.6 is 23.1 Å². The number of thioether (sulfide) groups is 1. The Morgan fingerprint density at radius 3 is 2.86 bits per heavy atom. The maximum Gasteiger partial charge on any atom is 0.128 e. The lowest BCUT2D eigenvalue weighted by atomic mass is 10.2. The molecule has 1 atom stereocenters. The Hall–Kier alpha value is -1.39. The molecule has 0 spiro atoms. The van der Waals surface area contributed by atoms with E-state index in [1.54, 1.807) is 6.33 Å². The van der Waals surface area contributed by atoms with Crippen molar-refractivity contribution in [2.24, 2.45) is 0 Å². The summed E-state index contributed by atoms with van der Waals surface area (Å²) in [6.07, 6.45) is 5.41. The zero-order valence-corrected chi connectivity index (χ0v) is 13.5. The first-order chi connectivity index (χ1) is 10.3. The normalized spacial score (nSPS) is 15.3. The number of benzene rings is 1. The Morgan fingerprint density at radius 2 is 2.00 bits per heavy atom. The topological polar surface area (TPSA) is 25.8 Å². The molecule has 0 amide bonds. The van der Waals surface area contributed by atoms with E-state index in [-0.39, 0.29) is 0 Å². The molecule has 0 saturated carbocycles. The molecule has 0 fully saturated rings. The standard InChI is InChI=1S/C17H16N2S2/c1-11(12-6-3-2-4-7-12)20-16-15-13-8-5-9-14(13)21-17(15)19-10-18-16/h2-4,6-7,10-11H,5,8-9H2,1H3/t11-/m0/s1. The maximum absolute atomic E-state index is 4.58. The lowest BCUT2D eigenvalue weighted by molar-refractivity contribution is 0.915. The van der Waals surface area contributed by atoms with Crippen molar-refractivity contribution >= 4 is 33.3 Å². The molecule has 0 unspecified atom stereocenters. The molecule has 2 nitrogen and oxygen atoms in total. The first kappa shape index (κ1) is 13.3. The van der Waals surface area contributed by atoms with E-state index >= 15 is 0 Å². The third-order valence-corrected chi connectivity index (χ3v) is 6.38. The summed E-state index contributed by atoms with van der Waals surface area (Å²) >= 11 is 3.71. The Labute approximate surface area is 132 Å². The predicted octanol–water partition coefficient (Wildman–Crippen LogP) is 5.03. The maximum atomic E-state index is 4.58. The fraction of sp³-hybridized carbons (Fsp3) is 0.294. The summed E-state index contributed by atoms with van der Waals surface area (Å²) in [5.41, 5.74) is 2.86. The summed E-state index contributed by atoms with van der Waals surface area (Å²) < 4.78 is 0. The lowest BCUT2D eigenvalue weighted by Crippen LogP contribution is -1.92. The van der Waals surface area contributed by atoms with Crippen molar-refractivity contribution in [3.8, 4) is 0 Å². The summed E-state index contributed by atoms with van der Waals surface area (Å²) in [5.74, 6) is 0. The average molecular weight is 312 g/mol. The molecule has 4 heteroatoms. The number of aryl methyl sites for hydroxylation is 2. The minimum absolute atomic E-state index is 0.404. The smallest absolute Gasteiger partial charge is 0.128 e. The molecule has 0 aliphatic heterocycles. The van der Waals surface area contributed by atoms with Crippen molar-refractivity contribution in [2.45, 2.75) is 36.5 Å². The van der Waals surface area contributed by atoms with E-state index < -0.39 is 0 Å². The first-order valence-corrected chi connectivity index (χ1v) is 8.99. The van der Waals surface area contributed by atoms with Crippen LogP contribution in [0.1, 0.15) is 34.6 Å². The summed E-state index contributed by atoms with van der Waals surface area (Å²) in [6, 6.07) is 10.6. The van der Waals surface area contributed by atoms with Gasteiger partial charge in [0.25, 0.3) is 0 Å². The Balaban J connectivity index is 1.74. The fourth-order valence-electron chi connectivity index (χ4n) is 2.95. The highest BCUT2D eigenvalue weighted by Gasteiger charge is 2.22. The van der Waals surface area contributed by atoms with Gasteiger partial charge in [0.05, 0.1) is 0 Å². The van der Waals surface area contributed by atoms with Crippen LogP contribution in [0.15, 0.2) is 41.7 Å². The summed E-state index contributed by atoms with van der Waals surface area (Å²) in [6.45, 7) is 2.25. The van der Waals surface area contributed by atoms with Crippen molar-refractivity contribution in [3.63, 3.8) is 0 Å². The van der Waals surface area contributed by atoms with Gasteiger partial charge in [-0.3, -0.25) is 0 Å². The van der Waals surface area contributed by atoms with Crippen molar-refractivity contribution < 1.29 is 0 Å². The number of fused-ring (bicyclic) bond motifs is 3. The molecule has 0 N–H and O–H groups in total. The van der Waals surface area contributed by atoms with E-state index in [0.29, 0.717) is 5.25 Å². The monoisotopic (exact) mass is 312 g/mol. The quantitative estimate of drug-likeness (QED) is 0.501. The van der Waals surface area contributed by atoms with Crippen molar-refractivity contribution in [3.05, 3.63) is 52.7 Å². The van der Waals surface area contributed by atoms with Gasteiger partial charge in [-0.1, -0.05) is 42.1 Å². The summed E-state index contributed by atoms with van der Waals surface area (Å²) in [4.78, 5) is 11.8. The van der Waals surface area contributed by atoms with Crippen molar-refractivity contribution in [1.82, 2.24) is 9.97 Å². The molecule has 1 aliphatic carbocycles. The lowest BCUT2D eigenvalue weighted by Gasteiger charge is -2.11. The molecule has 1 aliphatic rings. The highest BCUT2D eigenvalue weighted by Crippen LogP contribution is 2.43. The number of hydrogen-bond donors (Lipinski definition) is 0. The summed E-state index contributed by atoms with van der Waals surface area (Å²) in [5, 5.41) is 2.87. The van der Waals surface area contributed by atoms with Crippen LogP contribution in [0.4, 0.5) is 0 Å². The Morgan fingerprint density at radius 1 is 1.14 bits per heavy atom. The van der Waals surface area contributed by atoms with E-state index in [4.69, 9.17) is 0 Å². The van der Waals surface area contributed by atoms with Gasteiger partial charge in [0, 0.05) is 15.5 Å².